The first-order valence-corrected chi connectivity index (χ1v) is 9.70. The second-order valence-corrected chi connectivity index (χ2v) is 6.91. The number of hydrogen-bond donors (Lipinski definition) is 1. The number of aromatic nitrogens is 4. The summed E-state index contributed by atoms with van der Waals surface area (Å²) in [7, 11) is 0. The van der Waals surface area contributed by atoms with Crippen LogP contribution in [0.2, 0.25) is 5.02 Å². The molecule has 6 nitrogen and oxygen atoms in total. The fraction of sp³-hybridized carbons (Fsp3) is 0.0435. The van der Waals surface area contributed by atoms with Crippen LogP contribution in [0.3, 0.4) is 0 Å². The summed E-state index contributed by atoms with van der Waals surface area (Å²) in [5.41, 5.74) is 2.61. The van der Waals surface area contributed by atoms with Crippen LogP contribution in [-0.4, -0.2) is 25.7 Å². The van der Waals surface area contributed by atoms with Gasteiger partial charge >= 0.3 is 0 Å². The highest BCUT2D eigenvalue weighted by atomic mass is 35.5. The predicted octanol–water partition coefficient (Wildman–Crippen LogP) is 4.96. The molecule has 0 bridgehead atoms. The molecule has 0 aliphatic carbocycles. The topological polar surface area (TPSA) is 72.7 Å². The van der Waals surface area contributed by atoms with Gasteiger partial charge in [0.2, 0.25) is 5.95 Å². The van der Waals surface area contributed by atoms with Crippen LogP contribution in [0.15, 0.2) is 85.2 Å². The number of carbonyl (C=O) groups excluding carboxylic acids is 1. The molecule has 0 aliphatic rings. The normalized spacial score (nSPS) is 11.0. The van der Waals surface area contributed by atoms with E-state index >= 15 is 0 Å². The number of rotatable bonds is 6. The van der Waals surface area contributed by atoms with Gasteiger partial charge in [0.15, 0.2) is 5.82 Å². The molecular weight excluding hydrogens is 398 g/mol. The maximum Gasteiger partial charge on any atom is 0.274 e. The number of allylic oxidation sites excluding steroid dienone is 1. The van der Waals surface area contributed by atoms with Crippen LogP contribution in [0, 0.1) is 0 Å². The monoisotopic (exact) mass is 415 g/mol. The number of carbonyl (C=O) groups is 1. The van der Waals surface area contributed by atoms with Gasteiger partial charge in [-0.2, -0.15) is 9.67 Å². The second kappa shape index (κ2) is 9.15. The van der Waals surface area contributed by atoms with Crippen molar-refractivity contribution in [2.75, 3.05) is 5.32 Å². The molecular formula is C23H18ClN5O. The van der Waals surface area contributed by atoms with Crippen LogP contribution in [-0.2, 0) is 6.54 Å². The lowest BCUT2D eigenvalue weighted by Crippen LogP contribution is -2.14. The van der Waals surface area contributed by atoms with Crippen LogP contribution in [0.1, 0.15) is 15.9 Å². The van der Waals surface area contributed by atoms with Gasteiger partial charge in [0.1, 0.15) is 0 Å². The number of nitrogens with zero attached hydrogens (tertiary/aromatic N) is 4. The minimum atomic E-state index is -0.310. The molecule has 0 saturated heterocycles. The van der Waals surface area contributed by atoms with E-state index in [0.717, 1.165) is 16.7 Å². The van der Waals surface area contributed by atoms with Gasteiger partial charge in [-0.05, 0) is 41.5 Å². The summed E-state index contributed by atoms with van der Waals surface area (Å²) in [4.78, 5) is 21.5. The van der Waals surface area contributed by atoms with E-state index < -0.39 is 0 Å². The number of nitrogens with one attached hydrogen (secondary N) is 1. The van der Waals surface area contributed by atoms with Gasteiger partial charge in [-0.15, -0.1) is 5.10 Å². The first-order valence-electron chi connectivity index (χ1n) is 9.32. The van der Waals surface area contributed by atoms with E-state index in [-0.39, 0.29) is 5.91 Å². The first kappa shape index (κ1) is 19.5. The van der Waals surface area contributed by atoms with Crippen LogP contribution >= 0.6 is 11.6 Å². The van der Waals surface area contributed by atoms with Gasteiger partial charge < -0.3 is 5.32 Å². The highest BCUT2D eigenvalue weighted by molar-refractivity contribution is 6.30. The van der Waals surface area contributed by atoms with Gasteiger partial charge in [0.05, 0.1) is 0 Å². The number of benzene rings is 2. The van der Waals surface area contributed by atoms with E-state index in [4.69, 9.17) is 11.6 Å². The quantitative estimate of drug-likeness (QED) is 0.450. The minimum Gasteiger partial charge on any atom is -0.350 e. The van der Waals surface area contributed by atoms with Crippen molar-refractivity contribution in [3.05, 3.63) is 101 Å². The van der Waals surface area contributed by atoms with Crippen molar-refractivity contribution in [3.8, 4) is 11.4 Å². The van der Waals surface area contributed by atoms with Crippen molar-refractivity contribution in [3.63, 3.8) is 0 Å². The fourth-order valence-corrected chi connectivity index (χ4v) is 3.04. The van der Waals surface area contributed by atoms with Gasteiger partial charge in [-0.3, -0.25) is 9.78 Å². The zero-order valence-electron chi connectivity index (χ0n) is 15.9. The van der Waals surface area contributed by atoms with Crippen molar-refractivity contribution in [1.82, 2.24) is 19.7 Å². The molecule has 0 amide bonds. The summed E-state index contributed by atoms with van der Waals surface area (Å²) in [6.07, 6.45) is 6.55. The lowest BCUT2D eigenvalue weighted by molar-refractivity contribution is 0.0957. The molecule has 2 aromatic heterocycles. The van der Waals surface area contributed by atoms with E-state index in [2.05, 4.69) is 20.4 Å². The predicted molar refractivity (Wildman–Crippen MR) is 118 cm³/mol. The number of halogens is 1. The third-order valence-electron chi connectivity index (χ3n) is 4.29. The highest BCUT2D eigenvalue weighted by Gasteiger charge is 2.16. The molecule has 2 heterocycles. The zero-order valence-corrected chi connectivity index (χ0v) is 16.7. The van der Waals surface area contributed by atoms with Gasteiger partial charge in [-0.25, -0.2) is 0 Å². The Morgan fingerprint density at radius 3 is 2.70 bits per heavy atom. The molecule has 1 N–H and O–H groups in total. The van der Waals surface area contributed by atoms with E-state index in [1.165, 1.54) is 10.8 Å². The van der Waals surface area contributed by atoms with Crippen molar-refractivity contribution in [2.45, 2.75) is 6.54 Å². The Morgan fingerprint density at radius 1 is 1.07 bits per heavy atom. The maximum absolute atomic E-state index is 12.8. The maximum atomic E-state index is 12.8. The standard InChI is InChI=1S/C23H18ClN5O/c24-20-10-4-8-18(14-20)15-26-23-27-22(19-9-5-13-25-16-19)28-29(23)21(30)12-11-17-6-2-1-3-7-17/h1-14,16H,15H2,(H,26,27,28)/b12-11+. The summed E-state index contributed by atoms with van der Waals surface area (Å²) in [5, 5.41) is 8.23. The molecule has 7 heteroatoms. The van der Waals surface area contributed by atoms with Crippen LogP contribution in [0.4, 0.5) is 5.95 Å². The van der Waals surface area contributed by atoms with Crippen molar-refractivity contribution in [1.29, 1.82) is 0 Å². The fourth-order valence-electron chi connectivity index (χ4n) is 2.83. The van der Waals surface area contributed by atoms with E-state index in [1.807, 2.05) is 60.7 Å². The van der Waals surface area contributed by atoms with Gasteiger partial charge in [0.25, 0.3) is 5.91 Å². The highest BCUT2D eigenvalue weighted by Crippen LogP contribution is 2.18. The van der Waals surface area contributed by atoms with E-state index in [9.17, 15) is 4.79 Å². The lowest BCUT2D eigenvalue weighted by Gasteiger charge is -2.06. The van der Waals surface area contributed by atoms with Gasteiger partial charge in [-0.1, -0.05) is 54.1 Å². The molecule has 2 aromatic carbocycles. The minimum absolute atomic E-state index is 0.310. The van der Waals surface area contributed by atoms with Crippen molar-refractivity contribution in [2.24, 2.45) is 0 Å². The largest absolute Gasteiger partial charge is 0.350 e. The Balaban J connectivity index is 1.62. The summed E-state index contributed by atoms with van der Waals surface area (Å²) in [6, 6.07) is 20.7. The molecule has 0 aliphatic heterocycles. The van der Waals surface area contributed by atoms with E-state index in [0.29, 0.717) is 23.3 Å². The Kier molecular flexibility index (Phi) is 5.96. The summed E-state index contributed by atoms with van der Waals surface area (Å²) >= 11 is 6.06. The molecule has 30 heavy (non-hydrogen) atoms. The summed E-state index contributed by atoms with van der Waals surface area (Å²) < 4.78 is 1.26. The Bertz CT molecular complexity index is 1170. The summed E-state index contributed by atoms with van der Waals surface area (Å²) in [5.74, 6) is 0.449. The van der Waals surface area contributed by atoms with E-state index in [1.54, 1.807) is 24.5 Å². The van der Waals surface area contributed by atoms with Gasteiger partial charge in [0, 0.05) is 35.6 Å². The number of hydrogen-bond acceptors (Lipinski definition) is 5. The molecule has 0 atom stereocenters. The third kappa shape index (κ3) is 4.79. The molecule has 0 spiro atoms. The number of pyridine rings is 1. The Morgan fingerprint density at radius 2 is 1.93 bits per heavy atom. The molecule has 4 aromatic rings. The molecule has 0 radical (unpaired) electrons. The lowest BCUT2D eigenvalue weighted by atomic mass is 10.2. The first-order chi connectivity index (χ1) is 14.7. The molecule has 148 valence electrons. The molecule has 0 saturated carbocycles. The third-order valence-corrected chi connectivity index (χ3v) is 4.53. The Hall–Kier alpha value is -3.77. The van der Waals surface area contributed by atoms with Crippen molar-refractivity contribution >= 4 is 29.5 Å². The summed E-state index contributed by atoms with van der Waals surface area (Å²) in [6.45, 7) is 0.446. The van der Waals surface area contributed by atoms with Crippen LogP contribution in [0.25, 0.3) is 17.5 Å². The average molecular weight is 416 g/mol. The molecule has 0 unspecified atom stereocenters. The van der Waals surface area contributed by atoms with Crippen molar-refractivity contribution < 1.29 is 4.79 Å². The Labute approximate surface area is 178 Å². The number of anilines is 1. The smallest absolute Gasteiger partial charge is 0.274 e. The molecule has 4 rings (SSSR count). The zero-order chi connectivity index (χ0) is 20.8. The second-order valence-electron chi connectivity index (χ2n) is 6.48. The van der Waals surface area contributed by atoms with Crippen LogP contribution in [0.5, 0.6) is 0 Å². The molecule has 0 fully saturated rings. The SMILES string of the molecule is O=C(/C=C/c1ccccc1)n1nc(-c2cccnc2)nc1NCc1cccc(Cl)c1. The van der Waals surface area contributed by atoms with Crippen LogP contribution < -0.4 is 5.32 Å². The average Bonchev–Trinajstić information content (AvgIpc) is 3.22.